The molecule has 118 valence electrons. The molecule has 0 aromatic carbocycles. The van der Waals surface area contributed by atoms with Crippen LogP contribution in [0, 0.1) is 12.3 Å². The molecule has 2 rings (SSSR count). The minimum atomic E-state index is -0.300. The maximum Gasteiger partial charge on any atom is 0.227 e. The van der Waals surface area contributed by atoms with E-state index in [9.17, 15) is 4.79 Å². The van der Waals surface area contributed by atoms with E-state index >= 15 is 0 Å². The number of carbonyl (C=O) groups is 1. The third-order valence-corrected chi connectivity index (χ3v) is 5.81. The molecule has 1 aliphatic rings. The van der Waals surface area contributed by atoms with Gasteiger partial charge in [0.1, 0.15) is 0 Å². The summed E-state index contributed by atoms with van der Waals surface area (Å²) in [5.41, 5.74) is 7.43. The first-order valence-electron chi connectivity index (χ1n) is 7.68. The van der Waals surface area contributed by atoms with Crippen LogP contribution in [0.2, 0.25) is 0 Å². The van der Waals surface area contributed by atoms with Gasteiger partial charge < -0.3 is 11.1 Å². The Kier molecular flexibility index (Phi) is 5.07. The zero-order valence-electron chi connectivity index (χ0n) is 13.5. The Balaban J connectivity index is 2.24. The van der Waals surface area contributed by atoms with Crippen molar-refractivity contribution in [2.45, 2.75) is 45.7 Å². The van der Waals surface area contributed by atoms with Crippen molar-refractivity contribution in [3.8, 4) is 0 Å². The van der Waals surface area contributed by atoms with Gasteiger partial charge in [0.05, 0.1) is 11.5 Å². The summed E-state index contributed by atoms with van der Waals surface area (Å²) in [5, 5.41) is 4.94. The lowest BCUT2D eigenvalue weighted by molar-refractivity contribution is -0.129. The molecule has 4 nitrogen and oxygen atoms in total. The number of nitrogens with zero attached hydrogens (tertiary/aromatic N) is 1. The summed E-state index contributed by atoms with van der Waals surface area (Å²) in [4.78, 5) is 15.9. The van der Waals surface area contributed by atoms with E-state index in [0.29, 0.717) is 0 Å². The molecular formula is C16H27N3OS. The maximum absolute atomic E-state index is 12.1. The van der Waals surface area contributed by atoms with Crippen molar-refractivity contribution in [2.75, 3.05) is 20.1 Å². The molecular weight excluding hydrogens is 282 g/mol. The first kappa shape index (κ1) is 16.5. The van der Waals surface area contributed by atoms with Crippen LogP contribution >= 0.6 is 11.3 Å². The van der Waals surface area contributed by atoms with Gasteiger partial charge in [-0.25, -0.2) is 0 Å². The molecule has 3 atom stereocenters. The van der Waals surface area contributed by atoms with Crippen LogP contribution in [-0.2, 0) is 4.79 Å². The van der Waals surface area contributed by atoms with Crippen LogP contribution in [0.1, 0.15) is 43.2 Å². The number of thiophene rings is 1. The van der Waals surface area contributed by atoms with Gasteiger partial charge in [-0.3, -0.25) is 9.69 Å². The predicted octanol–water partition coefficient (Wildman–Crippen LogP) is 2.29. The van der Waals surface area contributed by atoms with E-state index < -0.39 is 0 Å². The molecule has 1 saturated heterocycles. The van der Waals surface area contributed by atoms with E-state index in [4.69, 9.17) is 5.73 Å². The number of likely N-dealkylation sites (tertiary alicyclic amines) is 1. The fraction of sp³-hybridized carbons (Fsp3) is 0.688. The number of hydrogen-bond acceptors (Lipinski definition) is 4. The molecule has 3 unspecified atom stereocenters. The smallest absolute Gasteiger partial charge is 0.227 e. The van der Waals surface area contributed by atoms with Crippen molar-refractivity contribution in [3.05, 3.63) is 21.9 Å². The molecule has 1 aromatic heterocycles. The molecule has 1 aromatic rings. The Labute approximate surface area is 131 Å². The highest BCUT2D eigenvalue weighted by Gasteiger charge is 2.43. The predicted molar refractivity (Wildman–Crippen MR) is 88.4 cm³/mol. The van der Waals surface area contributed by atoms with Crippen LogP contribution in [0.4, 0.5) is 0 Å². The maximum atomic E-state index is 12.1. The Morgan fingerprint density at radius 3 is 2.86 bits per heavy atom. The van der Waals surface area contributed by atoms with Crippen LogP contribution in [0.3, 0.4) is 0 Å². The van der Waals surface area contributed by atoms with Gasteiger partial charge in [0.15, 0.2) is 0 Å². The normalized spacial score (nSPS) is 25.8. The molecule has 0 saturated carbocycles. The van der Waals surface area contributed by atoms with E-state index in [1.807, 2.05) is 0 Å². The summed E-state index contributed by atoms with van der Waals surface area (Å²) >= 11 is 1.78. The van der Waals surface area contributed by atoms with Gasteiger partial charge in [-0.2, -0.15) is 0 Å². The van der Waals surface area contributed by atoms with Gasteiger partial charge in [-0.1, -0.05) is 6.92 Å². The molecule has 0 aliphatic carbocycles. The van der Waals surface area contributed by atoms with Gasteiger partial charge >= 0.3 is 0 Å². The van der Waals surface area contributed by atoms with Gasteiger partial charge in [-0.05, 0) is 50.2 Å². The minimum Gasteiger partial charge on any atom is -0.359 e. The summed E-state index contributed by atoms with van der Waals surface area (Å²) in [6.45, 7) is 8.05. The lowest BCUT2D eigenvalue weighted by Gasteiger charge is -2.33. The fourth-order valence-corrected chi connectivity index (χ4v) is 4.40. The molecule has 21 heavy (non-hydrogen) atoms. The average molecular weight is 309 g/mol. The summed E-state index contributed by atoms with van der Waals surface area (Å²) in [7, 11) is 1.72. The first-order valence-corrected chi connectivity index (χ1v) is 8.56. The van der Waals surface area contributed by atoms with Crippen molar-refractivity contribution in [3.63, 3.8) is 0 Å². The van der Waals surface area contributed by atoms with Crippen molar-refractivity contribution in [1.29, 1.82) is 0 Å². The first-order chi connectivity index (χ1) is 9.92. The molecule has 0 bridgehead atoms. The second kappa shape index (κ2) is 6.46. The molecule has 1 fully saturated rings. The third-order valence-electron chi connectivity index (χ3n) is 4.72. The van der Waals surface area contributed by atoms with Gasteiger partial charge in [-0.15, -0.1) is 11.3 Å². The van der Waals surface area contributed by atoms with E-state index in [2.05, 4.69) is 42.4 Å². The van der Waals surface area contributed by atoms with Crippen molar-refractivity contribution in [2.24, 2.45) is 11.1 Å². The van der Waals surface area contributed by atoms with Crippen LogP contribution in [0.15, 0.2) is 11.4 Å². The number of aryl methyl sites for hydroxylation is 1. The van der Waals surface area contributed by atoms with Crippen LogP contribution < -0.4 is 11.1 Å². The second-order valence-corrected chi connectivity index (χ2v) is 7.29. The van der Waals surface area contributed by atoms with Crippen LogP contribution in [0.25, 0.3) is 0 Å². The summed E-state index contributed by atoms with van der Waals surface area (Å²) in [6, 6.07) is 2.49. The van der Waals surface area contributed by atoms with E-state index in [-0.39, 0.29) is 23.4 Å². The number of carbonyl (C=O) groups excluding carboxylic acids is 1. The Bertz CT molecular complexity index is 501. The van der Waals surface area contributed by atoms with Crippen molar-refractivity contribution < 1.29 is 4.79 Å². The van der Waals surface area contributed by atoms with Gasteiger partial charge in [0.2, 0.25) is 5.91 Å². The molecule has 2 heterocycles. The summed E-state index contributed by atoms with van der Waals surface area (Å²) < 4.78 is 0. The monoisotopic (exact) mass is 309 g/mol. The second-order valence-electron chi connectivity index (χ2n) is 6.35. The average Bonchev–Trinajstić information content (AvgIpc) is 3.06. The highest BCUT2D eigenvalue weighted by atomic mass is 32.1. The lowest BCUT2D eigenvalue weighted by atomic mass is 9.88. The van der Waals surface area contributed by atoms with E-state index in [0.717, 1.165) is 25.9 Å². The fourth-order valence-electron chi connectivity index (χ4n) is 3.26. The minimum absolute atomic E-state index is 0.106. The number of hydrogen-bond donors (Lipinski definition) is 2. The molecule has 0 radical (unpaired) electrons. The van der Waals surface area contributed by atoms with E-state index in [1.54, 1.807) is 18.4 Å². The molecule has 0 spiro atoms. The largest absolute Gasteiger partial charge is 0.359 e. The third kappa shape index (κ3) is 3.15. The molecule has 5 heteroatoms. The zero-order chi connectivity index (χ0) is 15.6. The van der Waals surface area contributed by atoms with Gasteiger partial charge in [0, 0.05) is 24.5 Å². The van der Waals surface area contributed by atoms with Crippen molar-refractivity contribution >= 4 is 17.2 Å². The highest BCUT2D eigenvalue weighted by molar-refractivity contribution is 7.10. The molecule has 1 aliphatic heterocycles. The van der Waals surface area contributed by atoms with E-state index in [1.165, 1.54) is 10.4 Å². The number of nitrogens with two attached hydrogens (primary N) is 1. The number of rotatable bonds is 5. The van der Waals surface area contributed by atoms with Crippen LogP contribution in [-0.4, -0.2) is 37.0 Å². The van der Waals surface area contributed by atoms with Crippen molar-refractivity contribution in [1.82, 2.24) is 10.2 Å². The standard InChI is InChI=1S/C16H27N3OS/c1-5-12(17)13(14-11(2)6-9-21-14)19-8-7-16(3,10-19)15(20)18-4/h6,9,12-13H,5,7-8,10,17H2,1-4H3,(H,18,20). The molecule has 3 N–H and O–H groups in total. The summed E-state index contributed by atoms with van der Waals surface area (Å²) in [5.74, 6) is 0.136. The summed E-state index contributed by atoms with van der Waals surface area (Å²) in [6.07, 6.45) is 1.83. The zero-order valence-corrected chi connectivity index (χ0v) is 14.3. The van der Waals surface area contributed by atoms with Gasteiger partial charge in [0.25, 0.3) is 0 Å². The molecule has 1 amide bonds. The Morgan fingerprint density at radius 2 is 2.33 bits per heavy atom. The Morgan fingerprint density at radius 1 is 1.62 bits per heavy atom. The topological polar surface area (TPSA) is 58.4 Å². The number of nitrogens with one attached hydrogen (secondary N) is 1. The Hall–Kier alpha value is -0.910. The lowest BCUT2D eigenvalue weighted by Crippen LogP contribution is -2.43. The highest BCUT2D eigenvalue weighted by Crippen LogP contribution is 2.39. The quantitative estimate of drug-likeness (QED) is 0.877. The van der Waals surface area contributed by atoms with Crippen LogP contribution in [0.5, 0.6) is 0 Å². The number of amides is 1. The SMILES string of the molecule is CCC(N)C(c1sccc1C)N1CCC(C)(C(=O)NC)C1.